The molecule has 18 heavy (non-hydrogen) atoms. The van der Waals surface area contributed by atoms with Crippen LogP contribution >= 0.6 is 0 Å². The van der Waals surface area contributed by atoms with Gasteiger partial charge >= 0.3 is 0 Å². The molecule has 0 saturated heterocycles. The highest BCUT2D eigenvalue weighted by atomic mass is 16.5. The van der Waals surface area contributed by atoms with Crippen molar-refractivity contribution in [2.45, 2.75) is 71.4 Å². The molecule has 1 aliphatic rings. The Kier molecular flexibility index (Phi) is 5.62. The van der Waals surface area contributed by atoms with Crippen molar-refractivity contribution >= 4 is 0 Å². The monoisotopic (exact) mass is 252 g/mol. The molecule has 0 aromatic carbocycles. The molecule has 3 heteroatoms. The van der Waals surface area contributed by atoms with Crippen LogP contribution in [0.5, 0.6) is 0 Å². The highest BCUT2D eigenvalue weighted by Crippen LogP contribution is 2.32. The number of ether oxygens (including phenoxy) is 1. The zero-order chi connectivity index (χ0) is 13.6. The van der Waals surface area contributed by atoms with E-state index in [4.69, 9.17) is 4.74 Å². The molecule has 0 aromatic rings. The Morgan fingerprint density at radius 3 is 2.72 bits per heavy atom. The average molecular weight is 252 g/mol. The van der Waals surface area contributed by atoms with E-state index in [9.17, 15) is 5.26 Å². The van der Waals surface area contributed by atoms with E-state index >= 15 is 0 Å². The van der Waals surface area contributed by atoms with Gasteiger partial charge in [0.1, 0.15) is 5.54 Å². The van der Waals surface area contributed by atoms with E-state index in [0.717, 1.165) is 45.3 Å². The Morgan fingerprint density at radius 2 is 2.17 bits per heavy atom. The van der Waals surface area contributed by atoms with Crippen molar-refractivity contribution in [2.75, 3.05) is 13.2 Å². The van der Waals surface area contributed by atoms with Crippen LogP contribution in [0.15, 0.2) is 0 Å². The number of hydrogen-bond donors (Lipinski definition) is 1. The quantitative estimate of drug-likeness (QED) is 0.789. The maximum absolute atomic E-state index is 9.35. The standard InChI is InChI=1S/C15H28N2O/c1-5-9-17-15(12-16)7-6-13(11-15)18-10-8-14(2,3)4/h13,17H,5-11H2,1-4H3. The fourth-order valence-electron chi connectivity index (χ4n) is 2.34. The third kappa shape index (κ3) is 4.96. The molecule has 1 fully saturated rings. The molecule has 1 rings (SSSR count). The summed E-state index contributed by atoms with van der Waals surface area (Å²) in [6.45, 7) is 10.5. The van der Waals surface area contributed by atoms with Crippen LogP contribution < -0.4 is 5.32 Å². The first-order chi connectivity index (χ1) is 8.41. The van der Waals surface area contributed by atoms with Gasteiger partial charge in [-0.05, 0) is 37.6 Å². The van der Waals surface area contributed by atoms with Crippen molar-refractivity contribution in [3.8, 4) is 6.07 Å². The summed E-state index contributed by atoms with van der Waals surface area (Å²) in [6.07, 6.45) is 5.17. The second-order valence-corrected chi connectivity index (χ2v) is 6.67. The molecule has 0 amide bonds. The SMILES string of the molecule is CCCNC1(C#N)CCC(OCCC(C)(C)C)C1. The van der Waals surface area contributed by atoms with Crippen LogP contribution in [0.2, 0.25) is 0 Å². The van der Waals surface area contributed by atoms with Gasteiger partial charge in [0.15, 0.2) is 0 Å². The molecule has 0 heterocycles. The minimum Gasteiger partial charge on any atom is -0.378 e. The molecular weight excluding hydrogens is 224 g/mol. The van der Waals surface area contributed by atoms with Gasteiger partial charge in [0.05, 0.1) is 12.2 Å². The second-order valence-electron chi connectivity index (χ2n) is 6.67. The van der Waals surface area contributed by atoms with Gasteiger partial charge in [0, 0.05) is 13.0 Å². The normalized spacial score (nSPS) is 28.3. The molecule has 1 N–H and O–H groups in total. The van der Waals surface area contributed by atoms with E-state index < -0.39 is 0 Å². The Morgan fingerprint density at radius 1 is 1.44 bits per heavy atom. The van der Waals surface area contributed by atoms with Gasteiger partial charge in [0.2, 0.25) is 0 Å². The van der Waals surface area contributed by atoms with E-state index in [-0.39, 0.29) is 11.6 Å². The molecule has 0 spiro atoms. The maximum atomic E-state index is 9.35. The molecule has 0 aromatic heterocycles. The van der Waals surface area contributed by atoms with Gasteiger partial charge in [-0.3, -0.25) is 5.32 Å². The molecule has 1 aliphatic carbocycles. The lowest BCUT2D eigenvalue weighted by Crippen LogP contribution is -2.42. The van der Waals surface area contributed by atoms with Gasteiger partial charge < -0.3 is 4.74 Å². The number of nitriles is 1. The predicted octanol–water partition coefficient (Wildman–Crippen LogP) is 3.25. The van der Waals surface area contributed by atoms with Gasteiger partial charge in [-0.25, -0.2) is 0 Å². The first kappa shape index (κ1) is 15.5. The summed E-state index contributed by atoms with van der Waals surface area (Å²) in [7, 11) is 0. The van der Waals surface area contributed by atoms with Crippen LogP contribution in [0.4, 0.5) is 0 Å². The van der Waals surface area contributed by atoms with Gasteiger partial charge in [-0.2, -0.15) is 5.26 Å². The van der Waals surface area contributed by atoms with Gasteiger partial charge in [0.25, 0.3) is 0 Å². The highest BCUT2D eigenvalue weighted by Gasteiger charge is 2.39. The average Bonchev–Trinajstić information content (AvgIpc) is 2.69. The Labute approximate surface area is 112 Å². The van der Waals surface area contributed by atoms with Crippen molar-refractivity contribution in [2.24, 2.45) is 5.41 Å². The molecule has 104 valence electrons. The fourth-order valence-corrected chi connectivity index (χ4v) is 2.34. The third-order valence-electron chi connectivity index (χ3n) is 3.60. The molecule has 0 bridgehead atoms. The lowest BCUT2D eigenvalue weighted by Gasteiger charge is -2.23. The Bertz CT molecular complexity index is 290. The molecular formula is C15H28N2O. The molecule has 2 unspecified atom stereocenters. The summed E-state index contributed by atoms with van der Waals surface area (Å²) >= 11 is 0. The molecule has 0 aliphatic heterocycles. The largest absolute Gasteiger partial charge is 0.378 e. The highest BCUT2D eigenvalue weighted by molar-refractivity contribution is 5.12. The number of hydrogen-bond acceptors (Lipinski definition) is 3. The lowest BCUT2D eigenvalue weighted by atomic mass is 9.93. The first-order valence-corrected chi connectivity index (χ1v) is 7.19. The van der Waals surface area contributed by atoms with Gasteiger partial charge in [-0.15, -0.1) is 0 Å². The maximum Gasteiger partial charge on any atom is 0.109 e. The summed E-state index contributed by atoms with van der Waals surface area (Å²) in [4.78, 5) is 0. The predicted molar refractivity (Wildman–Crippen MR) is 74.3 cm³/mol. The summed E-state index contributed by atoms with van der Waals surface area (Å²) < 4.78 is 5.92. The van der Waals surface area contributed by atoms with Crippen molar-refractivity contribution in [3.05, 3.63) is 0 Å². The minimum absolute atomic E-state index is 0.261. The summed E-state index contributed by atoms with van der Waals surface area (Å²) in [5.74, 6) is 0. The van der Waals surface area contributed by atoms with Crippen LogP contribution in [0.25, 0.3) is 0 Å². The zero-order valence-electron chi connectivity index (χ0n) is 12.4. The lowest BCUT2D eigenvalue weighted by molar-refractivity contribution is 0.0392. The topological polar surface area (TPSA) is 45.0 Å². The van der Waals surface area contributed by atoms with Crippen molar-refractivity contribution in [3.63, 3.8) is 0 Å². The Hall–Kier alpha value is -0.590. The van der Waals surface area contributed by atoms with Crippen LogP contribution in [0, 0.1) is 16.7 Å². The Balaban J connectivity index is 2.33. The van der Waals surface area contributed by atoms with Crippen LogP contribution in [0.3, 0.4) is 0 Å². The third-order valence-corrected chi connectivity index (χ3v) is 3.60. The van der Waals surface area contributed by atoms with E-state index in [2.05, 4.69) is 39.1 Å². The fraction of sp³-hybridized carbons (Fsp3) is 0.933. The van der Waals surface area contributed by atoms with Crippen LogP contribution in [0.1, 0.15) is 59.8 Å². The number of nitrogens with one attached hydrogen (secondary N) is 1. The van der Waals surface area contributed by atoms with Crippen LogP contribution in [-0.4, -0.2) is 24.8 Å². The summed E-state index contributed by atoms with van der Waals surface area (Å²) in [5.41, 5.74) is -0.00616. The van der Waals surface area contributed by atoms with Crippen molar-refractivity contribution < 1.29 is 4.74 Å². The van der Waals surface area contributed by atoms with Gasteiger partial charge in [-0.1, -0.05) is 27.7 Å². The van der Waals surface area contributed by atoms with Crippen LogP contribution in [-0.2, 0) is 4.74 Å². The minimum atomic E-state index is -0.331. The summed E-state index contributed by atoms with van der Waals surface area (Å²) in [5, 5.41) is 12.7. The first-order valence-electron chi connectivity index (χ1n) is 7.19. The van der Waals surface area contributed by atoms with Crippen molar-refractivity contribution in [1.29, 1.82) is 5.26 Å². The van der Waals surface area contributed by atoms with E-state index in [0.29, 0.717) is 5.41 Å². The smallest absolute Gasteiger partial charge is 0.109 e. The van der Waals surface area contributed by atoms with Crippen molar-refractivity contribution in [1.82, 2.24) is 5.32 Å². The van der Waals surface area contributed by atoms with E-state index in [1.807, 2.05) is 0 Å². The number of nitrogens with zero attached hydrogens (tertiary/aromatic N) is 1. The second kappa shape index (κ2) is 6.54. The molecule has 0 radical (unpaired) electrons. The molecule has 1 saturated carbocycles. The number of rotatable bonds is 6. The zero-order valence-corrected chi connectivity index (χ0v) is 12.4. The molecule has 3 nitrogen and oxygen atoms in total. The molecule has 2 atom stereocenters. The summed E-state index contributed by atoms with van der Waals surface area (Å²) in [6, 6.07) is 2.46. The van der Waals surface area contributed by atoms with E-state index in [1.54, 1.807) is 0 Å². The van der Waals surface area contributed by atoms with E-state index in [1.165, 1.54) is 0 Å².